The fraction of sp³-hybridized carbons (Fsp3) is 0.571. The Kier molecular flexibility index (Phi) is 4.51. The second-order valence-corrected chi connectivity index (χ2v) is 5.12. The lowest BCUT2D eigenvalue weighted by Gasteiger charge is -2.26. The van der Waals surface area contributed by atoms with Gasteiger partial charge in [0.1, 0.15) is 0 Å². The zero-order valence-electron chi connectivity index (χ0n) is 10.8. The highest BCUT2D eigenvalue weighted by Crippen LogP contribution is 2.17. The van der Waals surface area contributed by atoms with E-state index in [4.69, 9.17) is 10.5 Å². The van der Waals surface area contributed by atoms with Gasteiger partial charge in [0.05, 0.1) is 5.60 Å². The third-order valence-electron chi connectivity index (χ3n) is 2.92. The third-order valence-corrected chi connectivity index (χ3v) is 2.92. The smallest absolute Gasteiger partial charge is 0.0637 e. The van der Waals surface area contributed by atoms with Crippen molar-refractivity contribution in [3.8, 4) is 0 Å². The summed E-state index contributed by atoms with van der Waals surface area (Å²) < 4.78 is 5.39. The van der Waals surface area contributed by atoms with Crippen LogP contribution in [-0.4, -0.2) is 18.8 Å². The molecule has 0 aliphatic rings. The van der Waals surface area contributed by atoms with Gasteiger partial charge in [-0.3, -0.25) is 0 Å². The molecule has 0 saturated heterocycles. The first-order valence-electron chi connectivity index (χ1n) is 5.79. The van der Waals surface area contributed by atoms with Gasteiger partial charge in [-0.15, -0.1) is 0 Å². The van der Waals surface area contributed by atoms with Gasteiger partial charge in [0.15, 0.2) is 0 Å². The number of nitrogens with two attached hydrogens (primary N) is 1. The van der Waals surface area contributed by atoms with Gasteiger partial charge < -0.3 is 10.5 Å². The quantitative estimate of drug-likeness (QED) is 0.829. The first-order valence-corrected chi connectivity index (χ1v) is 5.79. The van der Waals surface area contributed by atoms with Crippen molar-refractivity contribution < 1.29 is 4.74 Å². The van der Waals surface area contributed by atoms with Crippen molar-refractivity contribution >= 4 is 0 Å². The Morgan fingerprint density at radius 3 is 2.31 bits per heavy atom. The minimum atomic E-state index is -0.135. The molecule has 0 fully saturated rings. The Bertz CT molecular complexity index is 316. The van der Waals surface area contributed by atoms with Gasteiger partial charge in [-0.2, -0.15) is 0 Å². The molecule has 0 spiro atoms. The molecule has 0 heterocycles. The maximum atomic E-state index is 6.13. The highest BCUT2D eigenvalue weighted by atomic mass is 16.5. The molecular formula is C14H23NO. The van der Waals surface area contributed by atoms with Crippen LogP contribution in [0.3, 0.4) is 0 Å². The van der Waals surface area contributed by atoms with Crippen LogP contribution in [0.15, 0.2) is 24.3 Å². The van der Waals surface area contributed by atoms with Crippen LogP contribution < -0.4 is 5.73 Å². The molecular weight excluding hydrogens is 198 g/mol. The maximum Gasteiger partial charge on any atom is 0.0637 e. The fourth-order valence-electron chi connectivity index (χ4n) is 1.81. The van der Waals surface area contributed by atoms with Gasteiger partial charge in [0.25, 0.3) is 0 Å². The lowest BCUT2D eigenvalue weighted by atomic mass is 9.94. The molecule has 2 nitrogen and oxygen atoms in total. The molecule has 0 aromatic heterocycles. The van der Waals surface area contributed by atoms with E-state index in [1.807, 2.05) is 0 Å². The number of methoxy groups -OCH3 is 1. The van der Waals surface area contributed by atoms with Crippen molar-refractivity contribution in [1.29, 1.82) is 0 Å². The van der Waals surface area contributed by atoms with Crippen LogP contribution in [0.5, 0.6) is 0 Å². The molecule has 2 N–H and O–H groups in total. The standard InChI is InChI=1S/C14H23NO/c1-11-5-7-12(8-6-11)9-13(15)10-14(2,3)16-4/h5-8,13H,9-10,15H2,1-4H3. The van der Waals surface area contributed by atoms with Crippen molar-refractivity contribution in [2.75, 3.05) is 7.11 Å². The van der Waals surface area contributed by atoms with Crippen LogP contribution in [0, 0.1) is 6.92 Å². The minimum Gasteiger partial charge on any atom is -0.379 e. The second-order valence-electron chi connectivity index (χ2n) is 5.12. The summed E-state index contributed by atoms with van der Waals surface area (Å²) in [5, 5.41) is 0. The Morgan fingerprint density at radius 2 is 1.81 bits per heavy atom. The van der Waals surface area contributed by atoms with E-state index >= 15 is 0 Å². The summed E-state index contributed by atoms with van der Waals surface area (Å²) in [6.45, 7) is 6.24. The lowest BCUT2D eigenvalue weighted by molar-refractivity contribution is 0.0102. The molecule has 16 heavy (non-hydrogen) atoms. The number of rotatable bonds is 5. The average Bonchev–Trinajstić information content (AvgIpc) is 2.21. The molecule has 0 saturated carbocycles. The highest BCUT2D eigenvalue weighted by molar-refractivity contribution is 5.22. The normalized spacial score (nSPS) is 13.8. The first-order chi connectivity index (χ1) is 7.43. The topological polar surface area (TPSA) is 35.2 Å². The van der Waals surface area contributed by atoms with E-state index in [-0.39, 0.29) is 11.6 Å². The Morgan fingerprint density at radius 1 is 1.25 bits per heavy atom. The van der Waals surface area contributed by atoms with Crippen molar-refractivity contribution in [1.82, 2.24) is 0 Å². The molecule has 2 heteroatoms. The molecule has 1 aromatic rings. The van der Waals surface area contributed by atoms with Crippen molar-refractivity contribution in [2.45, 2.75) is 45.3 Å². The monoisotopic (exact) mass is 221 g/mol. The summed E-state index contributed by atoms with van der Waals surface area (Å²) in [6, 6.07) is 8.70. The SMILES string of the molecule is COC(C)(C)CC(N)Cc1ccc(C)cc1. The largest absolute Gasteiger partial charge is 0.379 e. The van der Waals surface area contributed by atoms with Crippen LogP contribution >= 0.6 is 0 Å². The van der Waals surface area contributed by atoms with Gasteiger partial charge in [0.2, 0.25) is 0 Å². The van der Waals surface area contributed by atoms with Crippen LogP contribution in [0.25, 0.3) is 0 Å². The van der Waals surface area contributed by atoms with Crippen LogP contribution in [-0.2, 0) is 11.2 Å². The number of aryl methyl sites for hydroxylation is 1. The van der Waals surface area contributed by atoms with Crippen LogP contribution in [0.4, 0.5) is 0 Å². The van der Waals surface area contributed by atoms with E-state index < -0.39 is 0 Å². The minimum absolute atomic E-state index is 0.135. The summed E-state index contributed by atoms with van der Waals surface area (Å²) in [5.41, 5.74) is 8.57. The van der Waals surface area contributed by atoms with E-state index in [9.17, 15) is 0 Å². The highest BCUT2D eigenvalue weighted by Gasteiger charge is 2.20. The number of hydrogen-bond acceptors (Lipinski definition) is 2. The van der Waals surface area contributed by atoms with Crippen molar-refractivity contribution in [3.05, 3.63) is 35.4 Å². The molecule has 0 aliphatic heterocycles. The Labute approximate surface area is 98.8 Å². The molecule has 1 unspecified atom stereocenters. The fourth-order valence-corrected chi connectivity index (χ4v) is 1.81. The van der Waals surface area contributed by atoms with Gasteiger partial charge in [0, 0.05) is 13.2 Å². The summed E-state index contributed by atoms with van der Waals surface area (Å²) in [6.07, 6.45) is 1.78. The van der Waals surface area contributed by atoms with E-state index in [2.05, 4.69) is 45.0 Å². The molecule has 0 aliphatic carbocycles. The molecule has 0 radical (unpaired) electrons. The van der Waals surface area contributed by atoms with Crippen molar-refractivity contribution in [2.24, 2.45) is 5.73 Å². The van der Waals surface area contributed by atoms with Crippen LogP contribution in [0.2, 0.25) is 0 Å². The van der Waals surface area contributed by atoms with Gasteiger partial charge in [-0.05, 0) is 39.2 Å². The summed E-state index contributed by atoms with van der Waals surface area (Å²) in [5.74, 6) is 0. The average molecular weight is 221 g/mol. The molecule has 1 atom stereocenters. The molecule has 90 valence electrons. The molecule has 0 amide bonds. The number of hydrogen-bond donors (Lipinski definition) is 1. The number of benzene rings is 1. The van der Waals surface area contributed by atoms with Gasteiger partial charge >= 0.3 is 0 Å². The predicted octanol–water partition coefficient (Wildman–Crippen LogP) is 2.68. The third kappa shape index (κ3) is 4.33. The number of ether oxygens (including phenoxy) is 1. The maximum absolute atomic E-state index is 6.13. The van der Waals surface area contributed by atoms with E-state index in [0.29, 0.717) is 0 Å². The van der Waals surface area contributed by atoms with E-state index in [0.717, 1.165) is 12.8 Å². The second kappa shape index (κ2) is 5.46. The molecule has 1 aromatic carbocycles. The van der Waals surface area contributed by atoms with Gasteiger partial charge in [-0.1, -0.05) is 29.8 Å². The van der Waals surface area contributed by atoms with Gasteiger partial charge in [-0.25, -0.2) is 0 Å². The molecule has 0 bridgehead atoms. The first kappa shape index (κ1) is 13.2. The summed E-state index contributed by atoms with van der Waals surface area (Å²) in [4.78, 5) is 0. The Hall–Kier alpha value is -0.860. The zero-order valence-corrected chi connectivity index (χ0v) is 10.8. The van der Waals surface area contributed by atoms with Crippen molar-refractivity contribution in [3.63, 3.8) is 0 Å². The summed E-state index contributed by atoms with van der Waals surface area (Å²) in [7, 11) is 1.73. The van der Waals surface area contributed by atoms with Crippen LogP contribution in [0.1, 0.15) is 31.4 Å². The Balaban J connectivity index is 2.51. The van der Waals surface area contributed by atoms with E-state index in [1.165, 1.54) is 11.1 Å². The predicted molar refractivity (Wildman–Crippen MR) is 68.6 cm³/mol. The van der Waals surface area contributed by atoms with E-state index in [1.54, 1.807) is 7.11 Å². The summed E-state index contributed by atoms with van der Waals surface area (Å²) >= 11 is 0. The molecule has 1 rings (SSSR count). The zero-order chi connectivity index (χ0) is 12.2. The lowest BCUT2D eigenvalue weighted by Crippen LogP contribution is -2.35.